The Bertz CT molecular complexity index is 533. The third-order valence-corrected chi connectivity index (χ3v) is 4.37. The zero-order valence-electron chi connectivity index (χ0n) is 14.4. The molecule has 1 aromatic rings. The second kappa shape index (κ2) is 8.87. The SMILES string of the molecule is CN=C(NCc1ccc(F)c(COC)c1)NC1CCCC(C)C1. The van der Waals surface area contributed by atoms with Gasteiger partial charge in [-0.1, -0.05) is 25.8 Å². The molecule has 1 saturated carbocycles. The van der Waals surface area contributed by atoms with Crippen LogP contribution in [0.3, 0.4) is 0 Å². The van der Waals surface area contributed by atoms with E-state index in [1.54, 1.807) is 20.2 Å². The number of halogens is 1. The maximum atomic E-state index is 13.6. The van der Waals surface area contributed by atoms with Crippen molar-refractivity contribution in [1.29, 1.82) is 0 Å². The lowest BCUT2D eigenvalue weighted by molar-refractivity contribution is 0.181. The molecule has 2 atom stereocenters. The normalized spacial score (nSPS) is 22.0. The maximum absolute atomic E-state index is 13.6. The van der Waals surface area contributed by atoms with E-state index in [0.29, 0.717) is 18.2 Å². The van der Waals surface area contributed by atoms with Gasteiger partial charge in [0.25, 0.3) is 0 Å². The van der Waals surface area contributed by atoms with Gasteiger partial charge in [-0.3, -0.25) is 4.99 Å². The van der Waals surface area contributed by atoms with E-state index in [9.17, 15) is 4.39 Å². The Kier molecular flexibility index (Phi) is 6.84. The molecule has 2 rings (SSSR count). The summed E-state index contributed by atoms with van der Waals surface area (Å²) in [5, 5.41) is 6.81. The van der Waals surface area contributed by atoms with Gasteiger partial charge in [-0.2, -0.15) is 0 Å². The van der Waals surface area contributed by atoms with Crippen molar-refractivity contribution in [3.05, 3.63) is 35.1 Å². The number of nitrogens with zero attached hydrogens (tertiary/aromatic N) is 1. The standard InChI is InChI=1S/C18H28FN3O/c1-13-5-4-6-16(9-13)22-18(20-2)21-11-14-7-8-17(19)15(10-14)12-23-3/h7-8,10,13,16H,4-6,9,11-12H2,1-3H3,(H2,20,21,22). The summed E-state index contributed by atoms with van der Waals surface area (Å²) in [6.07, 6.45) is 4.98. The van der Waals surface area contributed by atoms with E-state index in [1.165, 1.54) is 31.7 Å². The van der Waals surface area contributed by atoms with Gasteiger partial charge in [-0.05, 0) is 36.5 Å². The van der Waals surface area contributed by atoms with Crippen molar-refractivity contribution in [2.75, 3.05) is 14.2 Å². The third kappa shape index (κ3) is 5.50. The summed E-state index contributed by atoms with van der Waals surface area (Å²) in [5.74, 6) is 1.35. The molecular weight excluding hydrogens is 293 g/mol. The highest BCUT2D eigenvalue weighted by atomic mass is 19.1. The van der Waals surface area contributed by atoms with Crippen LogP contribution >= 0.6 is 0 Å². The minimum absolute atomic E-state index is 0.227. The predicted octanol–water partition coefficient (Wildman–Crippen LogP) is 3.22. The van der Waals surface area contributed by atoms with Gasteiger partial charge >= 0.3 is 0 Å². The number of benzene rings is 1. The summed E-state index contributed by atoms with van der Waals surface area (Å²) >= 11 is 0. The van der Waals surface area contributed by atoms with Crippen molar-refractivity contribution in [1.82, 2.24) is 10.6 Å². The number of methoxy groups -OCH3 is 1. The quantitative estimate of drug-likeness (QED) is 0.646. The molecule has 1 fully saturated rings. The van der Waals surface area contributed by atoms with Crippen molar-refractivity contribution in [3.8, 4) is 0 Å². The largest absolute Gasteiger partial charge is 0.380 e. The first-order valence-corrected chi connectivity index (χ1v) is 8.35. The molecule has 1 aliphatic rings. The van der Waals surface area contributed by atoms with Crippen LogP contribution < -0.4 is 10.6 Å². The number of nitrogens with one attached hydrogen (secondary N) is 2. The van der Waals surface area contributed by atoms with E-state index in [1.807, 2.05) is 6.07 Å². The van der Waals surface area contributed by atoms with Crippen LogP contribution in [0.5, 0.6) is 0 Å². The van der Waals surface area contributed by atoms with Crippen LogP contribution in [0, 0.1) is 11.7 Å². The second-order valence-corrected chi connectivity index (χ2v) is 6.40. The Balaban J connectivity index is 1.89. The number of ether oxygens (including phenoxy) is 1. The summed E-state index contributed by atoms with van der Waals surface area (Å²) < 4.78 is 18.7. The van der Waals surface area contributed by atoms with Crippen molar-refractivity contribution in [2.45, 2.75) is 51.8 Å². The molecule has 0 aromatic heterocycles. The predicted molar refractivity (Wildman–Crippen MR) is 91.9 cm³/mol. The molecule has 0 saturated heterocycles. The van der Waals surface area contributed by atoms with Crippen molar-refractivity contribution in [3.63, 3.8) is 0 Å². The minimum Gasteiger partial charge on any atom is -0.380 e. The van der Waals surface area contributed by atoms with E-state index < -0.39 is 0 Å². The first-order chi connectivity index (χ1) is 11.1. The summed E-state index contributed by atoms with van der Waals surface area (Å²) in [7, 11) is 3.35. The highest BCUT2D eigenvalue weighted by Gasteiger charge is 2.19. The molecule has 0 bridgehead atoms. The molecule has 1 aliphatic carbocycles. The lowest BCUT2D eigenvalue weighted by atomic mass is 9.87. The maximum Gasteiger partial charge on any atom is 0.191 e. The third-order valence-electron chi connectivity index (χ3n) is 4.37. The first kappa shape index (κ1) is 17.7. The van der Waals surface area contributed by atoms with Crippen molar-refractivity contribution in [2.24, 2.45) is 10.9 Å². The number of guanidine groups is 1. The smallest absolute Gasteiger partial charge is 0.191 e. The van der Waals surface area contributed by atoms with Crippen LogP contribution in [0.15, 0.2) is 23.2 Å². The Morgan fingerprint density at radius 2 is 2.22 bits per heavy atom. The Labute approximate surface area is 138 Å². The molecule has 128 valence electrons. The van der Waals surface area contributed by atoms with Crippen molar-refractivity contribution >= 4 is 5.96 Å². The lowest BCUT2D eigenvalue weighted by Crippen LogP contribution is -2.44. The van der Waals surface area contributed by atoms with Gasteiger partial charge in [0, 0.05) is 32.3 Å². The average molecular weight is 321 g/mol. The zero-order chi connectivity index (χ0) is 16.7. The summed E-state index contributed by atoms with van der Waals surface area (Å²) in [6, 6.07) is 5.60. The minimum atomic E-state index is -0.227. The lowest BCUT2D eigenvalue weighted by Gasteiger charge is -2.28. The Morgan fingerprint density at radius 3 is 2.91 bits per heavy atom. The van der Waals surface area contributed by atoms with Gasteiger partial charge < -0.3 is 15.4 Å². The molecule has 5 heteroatoms. The van der Waals surface area contributed by atoms with Gasteiger partial charge in [0.1, 0.15) is 5.82 Å². The van der Waals surface area contributed by atoms with Crippen LogP contribution in [-0.4, -0.2) is 26.2 Å². The monoisotopic (exact) mass is 321 g/mol. The van der Waals surface area contributed by atoms with Crippen LogP contribution in [0.25, 0.3) is 0 Å². The summed E-state index contributed by atoms with van der Waals surface area (Å²) in [5.41, 5.74) is 1.59. The number of aliphatic imine (C=N–C) groups is 1. The second-order valence-electron chi connectivity index (χ2n) is 6.40. The zero-order valence-corrected chi connectivity index (χ0v) is 14.4. The fourth-order valence-electron chi connectivity index (χ4n) is 3.14. The topological polar surface area (TPSA) is 45.7 Å². The highest BCUT2D eigenvalue weighted by Crippen LogP contribution is 2.23. The van der Waals surface area contributed by atoms with Crippen LogP contribution in [-0.2, 0) is 17.9 Å². The van der Waals surface area contributed by atoms with Gasteiger partial charge in [-0.25, -0.2) is 4.39 Å². The Morgan fingerprint density at radius 1 is 1.39 bits per heavy atom. The molecule has 0 aliphatic heterocycles. The van der Waals surface area contributed by atoms with E-state index in [2.05, 4.69) is 22.5 Å². The molecule has 1 aromatic carbocycles. The fraction of sp³-hybridized carbons (Fsp3) is 0.611. The van der Waals surface area contributed by atoms with E-state index in [4.69, 9.17) is 4.74 Å². The number of hydrogen-bond acceptors (Lipinski definition) is 2. The molecule has 0 spiro atoms. The summed E-state index contributed by atoms with van der Waals surface area (Å²) in [4.78, 5) is 4.29. The first-order valence-electron chi connectivity index (χ1n) is 8.35. The van der Waals surface area contributed by atoms with Gasteiger partial charge in [0.2, 0.25) is 0 Å². The summed E-state index contributed by atoms with van der Waals surface area (Å²) in [6.45, 7) is 3.20. The van der Waals surface area contributed by atoms with E-state index >= 15 is 0 Å². The molecule has 4 nitrogen and oxygen atoms in total. The van der Waals surface area contributed by atoms with Crippen LogP contribution in [0.4, 0.5) is 4.39 Å². The molecule has 2 N–H and O–H groups in total. The van der Waals surface area contributed by atoms with Crippen molar-refractivity contribution < 1.29 is 9.13 Å². The van der Waals surface area contributed by atoms with Crippen LogP contribution in [0.2, 0.25) is 0 Å². The molecule has 23 heavy (non-hydrogen) atoms. The van der Waals surface area contributed by atoms with Gasteiger partial charge in [0.05, 0.1) is 6.61 Å². The Hall–Kier alpha value is -1.62. The number of rotatable bonds is 5. The molecular formula is C18H28FN3O. The average Bonchev–Trinajstić information content (AvgIpc) is 2.54. The molecule has 0 heterocycles. The molecule has 0 radical (unpaired) electrons. The molecule has 2 unspecified atom stereocenters. The van der Waals surface area contributed by atoms with Gasteiger partial charge in [0.15, 0.2) is 5.96 Å². The fourth-order valence-corrected chi connectivity index (χ4v) is 3.14. The highest BCUT2D eigenvalue weighted by molar-refractivity contribution is 5.79. The van der Waals surface area contributed by atoms with Crippen LogP contribution in [0.1, 0.15) is 43.7 Å². The molecule has 0 amide bonds. The number of hydrogen-bond donors (Lipinski definition) is 2. The van der Waals surface area contributed by atoms with Gasteiger partial charge in [-0.15, -0.1) is 0 Å². The van der Waals surface area contributed by atoms with E-state index in [-0.39, 0.29) is 12.4 Å². The van der Waals surface area contributed by atoms with E-state index in [0.717, 1.165) is 17.4 Å².